The van der Waals surface area contributed by atoms with Gasteiger partial charge in [0.2, 0.25) is 15.9 Å². The van der Waals surface area contributed by atoms with Crippen molar-refractivity contribution in [1.29, 1.82) is 0 Å². The number of hydrogen-bond donors (Lipinski definition) is 1. The zero-order valence-corrected chi connectivity index (χ0v) is 20.1. The Kier molecular flexibility index (Phi) is 6.96. The van der Waals surface area contributed by atoms with Gasteiger partial charge >= 0.3 is 0 Å². The van der Waals surface area contributed by atoms with E-state index >= 15 is 0 Å². The highest BCUT2D eigenvalue weighted by Crippen LogP contribution is 2.31. The fraction of sp³-hybridized carbons (Fsp3) is 0.350. The number of sulfonamides is 1. The number of thioether (sulfide) groups is 1. The zero-order chi connectivity index (χ0) is 22.7. The summed E-state index contributed by atoms with van der Waals surface area (Å²) in [5.74, 6) is 0.216. The molecule has 2 aromatic heterocycles. The van der Waals surface area contributed by atoms with E-state index in [-0.39, 0.29) is 16.6 Å². The largest absolute Gasteiger partial charge is 0.495 e. The Bertz CT molecular complexity index is 1220. The number of fused-ring (bicyclic) bond motifs is 1. The molecule has 9 nitrogen and oxygen atoms in total. The molecule has 0 bridgehead atoms. The van der Waals surface area contributed by atoms with E-state index in [0.717, 1.165) is 15.2 Å². The number of benzene rings is 1. The smallest absolute Gasteiger partial charge is 0.243 e. The average molecular weight is 494 g/mol. The Labute approximate surface area is 194 Å². The second kappa shape index (κ2) is 9.71. The van der Waals surface area contributed by atoms with Crippen LogP contribution in [0.15, 0.2) is 45.9 Å². The number of rotatable bonds is 7. The molecule has 1 fully saturated rings. The fourth-order valence-corrected chi connectivity index (χ4v) is 6.35. The summed E-state index contributed by atoms with van der Waals surface area (Å²) in [6, 6.07) is 6.45. The minimum Gasteiger partial charge on any atom is -0.495 e. The van der Waals surface area contributed by atoms with Crippen LogP contribution in [0.2, 0.25) is 0 Å². The Hall–Kier alpha value is -2.25. The third-order valence-electron chi connectivity index (χ3n) is 5.11. The summed E-state index contributed by atoms with van der Waals surface area (Å²) >= 11 is 2.81. The van der Waals surface area contributed by atoms with Gasteiger partial charge < -0.3 is 15.0 Å². The van der Waals surface area contributed by atoms with Gasteiger partial charge in [-0.25, -0.2) is 18.4 Å². The Morgan fingerprint density at radius 1 is 1.22 bits per heavy atom. The molecule has 1 saturated heterocycles. The van der Waals surface area contributed by atoms with E-state index in [1.165, 1.54) is 53.0 Å². The number of likely N-dealkylation sites (N-methyl/N-ethyl adjacent to an activating group) is 1. The summed E-state index contributed by atoms with van der Waals surface area (Å²) in [4.78, 5) is 24.2. The lowest BCUT2D eigenvalue weighted by Crippen LogP contribution is -2.47. The SMILES string of the molecule is COc1ccc(S(=O)(=O)N2CCN(C)CC2)cc1NC(=O)CSc1ncnc2sccc12. The van der Waals surface area contributed by atoms with E-state index < -0.39 is 10.0 Å². The number of ether oxygens (including phenoxy) is 1. The number of amides is 1. The van der Waals surface area contributed by atoms with Crippen LogP contribution in [-0.4, -0.2) is 79.6 Å². The average Bonchev–Trinajstić information content (AvgIpc) is 3.27. The Morgan fingerprint density at radius 3 is 2.75 bits per heavy atom. The van der Waals surface area contributed by atoms with Crippen molar-refractivity contribution in [3.8, 4) is 5.75 Å². The molecule has 1 amide bonds. The first-order valence-corrected chi connectivity index (χ1v) is 13.2. The van der Waals surface area contributed by atoms with Crippen LogP contribution in [-0.2, 0) is 14.8 Å². The quantitative estimate of drug-likeness (QED) is 0.395. The lowest BCUT2D eigenvalue weighted by Gasteiger charge is -2.31. The van der Waals surface area contributed by atoms with Gasteiger partial charge in [0.15, 0.2) is 0 Å². The molecule has 0 saturated carbocycles. The highest BCUT2D eigenvalue weighted by Gasteiger charge is 2.28. The summed E-state index contributed by atoms with van der Waals surface area (Å²) < 4.78 is 33.0. The van der Waals surface area contributed by atoms with Gasteiger partial charge in [-0.05, 0) is 36.7 Å². The number of carbonyl (C=O) groups is 1. The molecule has 3 heterocycles. The summed E-state index contributed by atoms with van der Waals surface area (Å²) in [6.07, 6.45) is 1.48. The molecule has 1 aliphatic heterocycles. The maximum Gasteiger partial charge on any atom is 0.243 e. The van der Waals surface area contributed by atoms with Crippen LogP contribution >= 0.6 is 23.1 Å². The molecular formula is C20H23N5O4S3. The number of thiophene rings is 1. The normalized spacial score (nSPS) is 15.7. The van der Waals surface area contributed by atoms with Crippen LogP contribution < -0.4 is 10.1 Å². The minimum absolute atomic E-state index is 0.112. The molecule has 1 N–H and O–H groups in total. The van der Waals surface area contributed by atoms with E-state index in [1.807, 2.05) is 18.5 Å². The number of methoxy groups -OCH3 is 1. The lowest BCUT2D eigenvalue weighted by atomic mass is 10.3. The van der Waals surface area contributed by atoms with E-state index in [2.05, 4.69) is 20.2 Å². The molecule has 0 atom stereocenters. The predicted octanol–water partition coefficient (Wildman–Crippen LogP) is 2.37. The van der Waals surface area contributed by atoms with Crippen LogP contribution in [0, 0.1) is 0 Å². The number of carbonyl (C=O) groups excluding carboxylic acids is 1. The van der Waals surface area contributed by atoms with E-state index in [0.29, 0.717) is 37.6 Å². The van der Waals surface area contributed by atoms with Crippen molar-refractivity contribution in [3.63, 3.8) is 0 Å². The summed E-state index contributed by atoms with van der Waals surface area (Å²) in [5, 5.41) is 6.35. The first-order chi connectivity index (χ1) is 15.4. The second-order valence-electron chi connectivity index (χ2n) is 7.22. The van der Waals surface area contributed by atoms with Gasteiger partial charge in [0.25, 0.3) is 0 Å². The maximum absolute atomic E-state index is 13.1. The highest BCUT2D eigenvalue weighted by atomic mass is 32.2. The first-order valence-electron chi connectivity index (χ1n) is 9.86. The minimum atomic E-state index is -3.66. The van der Waals surface area contributed by atoms with Gasteiger partial charge in [-0.2, -0.15) is 4.31 Å². The zero-order valence-electron chi connectivity index (χ0n) is 17.6. The third-order valence-corrected chi connectivity index (χ3v) is 8.83. The molecule has 3 aromatic rings. The van der Waals surface area contributed by atoms with Gasteiger partial charge in [-0.15, -0.1) is 11.3 Å². The number of hydrogen-bond acceptors (Lipinski definition) is 9. The van der Waals surface area contributed by atoms with Gasteiger partial charge in [0.1, 0.15) is 21.9 Å². The van der Waals surface area contributed by atoms with Crippen LogP contribution in [0.5, 0.6) is 5.75 Å². The van der Waals surface area contributed by atoms with Crippen molar-refractivity contribution in [1.82, 2.24) is 19.2 Å². The summed E-state index contributed by atoms with van der Waals surface area (Å²) in [5.41, 5.74) is 0.316. The van der Waals surface area contributed by atoms with Crippen molar-refractivity contribution in [2.24, 2.45) is 0 Å². The van der Waals surface area contributed by atoms with Gasteiger partial charge in [0.05, 0.1) is 23.4 Å². The van der Waals surface area contributed by atoms with Crippen LogP contribution in [0.25, 0.3) is 10.2 Å². The maximum atomic E-state index is 13.1. The molecule has 32 heavy (non-hydrogen) atoms. The molecule has 0 unspecified atom stereocenters. The first kappa shape index (κ1) is 22.9. The molecule has 12 heteroatoms. The van der Waals surface area contributed by atoms with Crippen molar-refractivity contribution < 1.29 is 17.9 Å². The van der Waals surface area contributed by atoms with Gasteiger partial charge in [-0.1, -0.05) is 11.8 Å². The highest BCUT2D eigenvalue weighted by molar-refractivity contribution is 8.00. The fourth-order valence-electron chi connectivity index (χ4n) is 3.33. The number of aromatic nitrogens is 2. The van der Waals surface area contributed by atoms with Crippen molar-refractivity contribution in [3.05, 3.63) is 36.0 Å². The van der Waals surface area contributed by atoms with E-state index in [4.69, 9.17) is 4.74 Å². The standard InChI is InChI=1S/C20H23N5O4S3/c1-24-6-8-25(9-7-24)32(27,28)14-3-4-17(29-2)16(11-14)23-18(26)12-31-20-15-5-10-30-19(15)21-13-22-20/h3-5,10-11,13H,6-9,12H2,1-2H3,(H,23,26). The number of nitrogens with zero attached hydrogens (tertiary/aromatic N) is 4. The second-order valence-corrected chi connectivity index (χ2v) is 11.0. The van der Waals surface area contributed by atoms with Crippen LogP contribution in [0.1, 0.15) is 0 Å². The third kappa shape index (κ3) is 4.89. The topological polar surface area (TPSA) is 105 Å². The van der Waals surface area contributed by atoms with Crippen LogP contribution in [0.3, 0.4) is 0 Å². The summed E-state index contributed by atoms with van der Waals surface area (Å²) in [7, 11) is -0.222. The van der Waals surface area contributed by atoms with Gasteiger partial charge in [-0.3, -0.25) is 4.79 Å². The predicted molar refractivity (Wildman–Crippen MR) is 126 cm³/mol. The lowest BCUT2D eigenvalue weighted by molar-refractivity contribution is -0.113. The van der Waals surface area contributed by atoms with Crippen molar-refractivity contribution >= 4 is 54.9 Å². The molecule has 0 spiro atoms. The molecular weight excluding hydrogens is 470 g/mol. The number of nitrogens with one attached hydrogen (secondary N) is 1. The molecule has 1 aromatic carbocycles. The van der Waals surface area contributed by atoms with E-state index in [1.54, 1.807) is 6.07 Å². The molecule has 1 aliphatic rings. The number of anilines is 1. The molecule has 170 valence electrons. The van der Waals surface area contributed by atoms with Crippen molar-refractivity contribution in [2.45, 2.75) is 9.92 Å². The Morgan fingerprint density at radius 2 is 2.00 bits per heavy atom. The Balaban J connectivity index is 1.49. The number of piperazine rings is 1. The molecule has 0 radical (unpaired) electrons. The van der Waals surface area contributed by atoms with Gasteiger partial charge in [0, 0.05) is 31.6 Å². The molecule has 0 aliphatic carbocycles. The monoisotopic (exact) mass is 493 g/mol. The van der Waals surface area contributed by atoms with Crippen molar-refractivity contribution in [2.75, 3.05) is 51.4 Å². The summed E-state index contributed by atoms with van der Waals surface area (Å²) in [6.45, 7) is 2.21. The van der Waals surface area contributed by atoms with Crippen LogP contribution in [0.4, 0.5) is 5.69 Å². The van der Waals surface area contributed by atoms with E-state index in [9.17, 15) is 13.2 Å². The molecule has 4 rings (SSSR count).